The van der Waals surface area contributed by atoms with E-state index in [4.69, 9.17) is 4.74 Å². The number of rotatable bonds is 4. The van der Waals surface area contributed by atoms with E-state index in [2.05, 4.69) is 9.88 Å². The molecule has 1 fully saturated rings. The molecule has 142 valence electrons. The van der Waals surface area contributed by atoms with Gasteiger partial charge in [-0.25, -0.2) is 9.78 Å². The van der Waals surface area contributed by atoms with Crippen LogP contribution in [0.15, 0.2) is 36.7 Å². The van der Waals surface area contributed by atoms with Crippen LogP contribution in [0.3, 0.4) is 0 Å². The quantitative estimate of drug-likeness (QED) is 0.770. The van der Waals surface area contributed by atoms with E-state index in [9.17, 15) is 9.59 Å². The molecule has 2 aliphatic heterocycles. The molecule has 1 aromatic heterocycles. The van der Waals surface area contributed by atoms with Crippen molar-refractivity contribution < 1.29 is 14.3 Å². The lowest BCUT2D eigenvalue weighted by atomic mass is 10.0. The summed E-state index contributed by atoms with van der Waals surface area (Å²) < 4.78 is 7.45. The van der Waals surface area contributed by atoms with E-state index < -0.39 is 6.10 Å². The number of hydrogen-bond donors (Lipinski definition) is 0. The van der Waals surface area contributed by atoms with Crippen molar-refractivity contribution in [3.05, 3.63) is 53.6 Å². The molecule has 27 heavy (non-hydrogen) atoms. The fourth-order valence-corrected chi connectivity index (χ4v) is 3.79. The maximum atomic E-state index is 12.8. The molecule has 0 bridgehead atoms. The van der Waals surface area contributed by atoms with Gasteiger partial charge in [0.25, 0.3) is 0 Å². The van der Waals surface area contributed by atoms with Gasteiger partial charge >= 0.3 is 5.97 Å². The molecule has 1 atom stereocenters. The highest BCUT2D eigenvalue weighted by Gasteiger charge is 2.33. The van der Waals surface area contributed by atoms with Crippen LogP contribution < -0.4 is 0 Å². The van der Waals surface area contributed by atoms with Gasteiger partial charge in [-0.3, -0.25) is 9.69 Å². The average molecular weight is 368 g/mol. The smallest absolute Gasteiger partial charge is 0.339 e. The number of carbonyl (C=O) groups is 2. The van der Waals surface area contributed by atoms with Crippen molar-refractivity contribution in [2.45, 2.75) is 25.5 Å². The normalized spacial score (nSPS) is 20.3. The Bertz CT molecular complexity index is 847. The van der Waals surface area contributed by atoms with Gasteiger partial charge in [-0.2, -0.15) is 0 Å². The van der Waals surface area contributed by atoms with Crippen molar-refractivity contribution in [3.63, 3.8) is 0 Å². The second-order valence-corrected chi connectivity index (χ2v) is 7.15. The molecule has 7 heteroatoms. The fourth-order valence-electron chi connectivity index (χ4n) is 3.79. The van der Waals surface area contributed by atoms with Crippen molar-refractivity contribution in [1.29, 1.82) is 0 Å². The predicted octanol–water partition coefficient (Wildman–Crippen LogP) is 1.76. The molecule has 0 saturated carbocycles. The summed E-state index contributed by atoms with van der Waals surface area (Å²) >= 11 is 0. The first kappa shape index (κ1) is 17.7. The van der Waals surface area contributed by atoms with E-state index in [1.54, 1.807) is 6.07 Å². The third kappa shape index (κ3) is 3.73. The summed E-state index contributed by atoms with van der Waals surface area (Å²) in [4.78, 5) is 33.4. The lowest BCUT2D eigenvalue weighted by molar-refractivity contribution is -0.133. The van der Waals surface area contributed by atoms with Gasteiger partial charge < -0.3 is 14.2 Å². The van der Waals surface area contributed by atoms with Crippen LogP contribution in [0.2, 0.25) is 0 Å². The Morgan fingerprint density at radius 1 is 1.22 bits per heavy atom. The minimum Gasteiger partial charge on any atom is -0.453 e. The first-order chi connectivity index (χ1) is 13.1. The van der Waals surface area contributed by atoms with Crippen molar-refractivity contribution in [2.75, 3.05) is 26.2 Å². The number of fused-ring (bicyclic) bond motifs is 1. The number of amides is 1. The number of aromatic nitrogens is 2. The van der Waals surface area contributed by atoms with E-state index in [0.717, 1.165) is 44.0 Å². The summed E-state index contributed by atoms with van der Waals surface area (Å²) in [5, 5.41) is 0. The monoisotopic (exact) mass is 368 g/mol. The van der Waals surface area contributed by atoms with E-state index in [0.29, 0.717) is 12.1 Å². The van der Waals surface area contributed by atoms with Crippen molar-refractivity contribution in [2.24, 2.45) is 7.05 Å². The third-order valence-electron chi connectivity index (χ3n) is 5.36. The summed E-state index contributed by atoms with van der Waals surface area (Å²) in [7, 11) is 2.00. The van der Waals surface area contributed by atoms with Gasteiger partial charge in [-0.1, -0.05) is 18.2 Å². The van der Waals surface area contributed by atoms with Gasteiger partial charge in [0.2, 0.25) is 5.91 Å². The molecule has 1 unspecified atom stereocenters. The Morgan fingerprint density at radius 2 is 2.07 bits per heavy atom. The minimum absolute atomic E-state index is 0.0448. The molecule has 0 spiro atoms. The number of hydrogen-bond acceptors (Lipinski definition) is 5. The Morgan fingerprint density at radius 3 is 2.89 bits per heavy atom. The first-order valence-corrected chi connectivity index (χ1v) is 9.38. The second-order valence-electron chi connectivity index (χ2n) is 7.15. The number of benzene rings is 1. The zero-order chi connectivity index (χ0) is 18.8. The Kier molecular flexibility index (Phi) is 4.94. The van der Waals surface area contributed by atoms with Crippen LogP contribution >= 0.6 is 0 Å². The molecule has 0 aliphatic carbocycles. The summed E-state index contributed by atoms with van der Waals surface area (Å²) in [6.45, 7) is 3.97. The van der Waals surface area contributed by atoms with Gasteiger partial charge in [-0.15, -0.1) is 0 Å². The molecule has 1 amide bonds. The summed E-state index contributed by atoms with van der Waals surface area (Å²) in [6.07, 6.45) is 4.43. The second kappa shape index (κ2) is 7.52. The van der Waals surface area contributed by atoms with E-state index in [1.807, 2.05) is 47.1 Å². The van der Waals surface area contributed by atoms with Gasteiger partial charge in [0.1, 0.15) is 11.9 Å². The number of ether oxygens (including phenoxy) is 1. The summed E-state index contributed by atoms with van der Waals surface area (Å²) in [5.74, 6) is 0.744. The summed E-state index contributed by atoms with van der Waals surface area (Å²) in [6, 6.07) is 7.31. The van der Waals surface area contributed by atoms with Crippen LogP contribution in [0, 0.1) is 0 Å². The molecular formula is C20H24N4O3. The molecular weight excluding hydrogens is 344 g/mol. The topological polar surface area (TPSA) is 67.7 Å². The van der Waals surface area contributed by atoms with Gasteiger partial charge in [0.05, 0.1) is 18.5 Å². The van der Waals surface area contributed by atoms with Gasteiger partial charge in [-0.05, 0) is 12.5 Å². The number of carbonyl (C=O) groups excluding carboxylic acids is 2. The highest BCUT2D eigenvalue weighted by Crippen LogP contribution is 2.33. The molecule has 3 heterocycles. The zero-order valence-electron chi connectivity index (χ0n) is 15.5. The van der Waals surface area contributed by atoms with Crippen molar-refractivity contribution in [1.82, 2.24) is 19.4 Å². The van der Waals surface area contributed by atoms with Crippen molar-refractivity contribution >= 4 is 11.9 Å². The van der Waals surface area contributed by atoms with Crippen LogP contribution in [0.5, 0.6) is 0 Å². The lowest BCUT2D eigenvalue weighted by Crippen LogP contribution is -2.36. The molecule has 1 aromatic carbocycles. The van der Waals surface area contributed by atoms with Crippen LogP contribution in [0.4, 0.5) is 0 Å². The molecule has 0 radical (unpaired) electrons. The minimum atomic E-state index is -0.465. The number of imidazole rings is 1. The van der Waals surface area contributed by atoms with Gasteiger partial charge in [0.15, 0.2) is 0 Å². The van der Waals surface area contributed by atoms with Crippen molar-refractivity contribution in [3.8, 4) is 0 Å². The highest BCUT2D eigenvalue weighted by molar-refractivity contribution is 5.94. The lowest BCUT2D eigenvalue weighted by Gasteiger charge is -2.23. The van der Waals surface area contributed by atoms with Crippen LogP contribution in [0.1, 0.15) is 40.7 Å². The van der Waals surface area contributed by atoms with Crippen LogP contribution in [-0.4, -0.2) is 57.4 Å². The number of aryl methyl sites for hydroxylation is 1. The average Bonchev–Trinajstić information content (AvgIpc) is 3.10. The Hall–Kier alpha value is -2.67. The van der Waals surface area contributed by atoms with Crippen LogP contribution in [-0.2, 0) is 23.1 Å². The van der Waals surface area contributed by atoms with Gasteiger partial charge in [0, 0.05) is 51.2 Å². The molecule has 1 saturated heterocycles. The number of cyclic esters (lactones) is 1. The Balaban J connectivity index is 1.35. The number of esters is 1. The first-order valence-electron chi connectivity index (χ1n) is 9.38. The predicted molar refractivity (Wildman–Crippen MR) is 98.9 cm³/mol. The highest BCUT2D eigenvalue weighted by atomic mass is 16.5. The fraction of sp³-hybridized carbons (Fsp3) is 0.450. The molecule has 0 N–H and O–H groups in total. The Labute approximate surface area is 158 Å². The SMILES string of the molecule is Cn1ccnc1CN1CCCN(C(=O)CC2OC(=O)c3ccccc32)CC1. The molecule has 7 nitrogen and oxygen atoms in total. The standard InChI is InChI=1S/C20H24N4O3/c1-22-10-7-21-18(22)14-23-8-4-9-24(12-11-23)19(25)13-17-15-5-2-3-6-16(15)20(26)27-17/h2-3,5-7,10,17H,4,8-9,11-14H2,1H3. The van der Waals surface area contributed by atoms with E-state index >= 15 is 0 Å². The summed E-state index contributed by atoms with van der Waals surface area (Å²) in [5.41, 5.74) is 1.40. The zero-order valence-corrected chi connectivity index (χ0v) is 15.5. The number of nitrogens with zero attached hydrogens (tertiary/aromatic N) is 4. The van der Waals surface area contributed by atoms with E-state index in [1.165, 1.54) is 0 Å². The molecule has 2 aliphatic rings. The molecule has 4 rings (SSSR count). The maximum Gasteiger partial charge on any atom is 0.339 e. The third-order valence-corrected chi connectivity index (χ3v) is 5.36. The van der Waals surface area contributed by atoms with Crippen LogP contribution in [0.25, 0.3) is 0 Å². The largest absolute Gasteiger partial charge is 0.453 e. The van der Waals surface area contributed by atoms with E-state index in [-0.39, 0.29) is 18.3 Å². The maximum absolute atomic E-state index is 12.8. The molecule has 2 aromatic rings.